The smallest absolute Gasteiger partial charge is 0.238 e. The van der Waals surface area contributed by atoms with Crippen molar-refractivity contribution in [3.63, 3.8) is 0 Å². The summed E-state index contributed by atoms with van der Waals surface area (Å²) in [5, 5.41) is 0.719. The Balaban J connectivity index is 2.14. The van der Waals surface area contributed by atoms with Gasteiger partial charge in [-0.3, -0.25) is 4.79 Å². The number of alkyl halides is 1. The highest BCUT2D eigenvalue weighted by molar-refractivity contribution is 6.30. The summed E-state index contributed by atoms with van der Waals surface area (Å²) in [6, 6.07) is 11.7. The zero-order chi connectivity index (χ0) is 15.9. The minimum Gasteiger partial charge on any atom is -0.345 e. The topological polar surface area (TPSA) is 25.2 Å². The number of hydrogen-bond donors (Lipinski definition) is 0. The third-order valence-electron chi connectivity index (χ3n) is 3.33. The molecule has 0 radical (unpaired) electrons. The van der Waals surface area contributed by atoms with Crippen LogP contribution < -0.4 is 0 Å². The summed E-state index contributed by atoms with van der Waals surface area (Å²) in [6.45, 7) is 5.38. The Kier molecular flexibility index (Phi) is 6.10. The van der Waals surface area contributed by atoms with Gasteiger partial charge in [-0.1, -0.05) is 29.8 Å². The van der Waals surface area contributed by atoms with Crippen molar-refractivity contribution >= 4 is 29.1 Å². The molecular weight excluding hydrogens is 319 g/mol. The Morgan fingerprint density at radius 1 is 1.32 bits per heavy atom. The lowest BCUT2D eigenvalue weighted by Crippen LogP contribution is -2.32. The maximum atomic E-state index is 11.9. The Bertz CT molecular complexity index is 652. The van der Waals surface area contributed by atoms with Crippen LogP contribution in [0.5, 0.6) is 0 Å². The molecule has 0 saturated heterocycles. The Hall–Kier alpha value is -1.71. The first kappa shape index (κ1) is 16.7. The zero-order valence-corrected chi connectivity index (χ0v) is 13.7. The summed E-state index contributed by atoms with van der Waals surface area (Å²) in [6.07, 6.45) is 3.70. The molecule has 1 aromatic heterocycles. The van der Waals surface area contributed by atoms with E-state index in [4.69, 9.17) is 23.2 Å². The predicted octanol–water partition coefficient (Wildman–Crippen LogP) is 3.94. The molecule has 2 aromatic rings. The van der Waals surface area contributed by atoms with E-state index in [1.165, 1.54) is 0 Å². The van der Waals surface area contributed by atoms with Gasteiger partial charge in [-0.25, -0.2) is 0 Å². The van der Waals surface area contributed by atoms with E-state index in [0.717, 1.165) is 16.3 Å². The molecule has 0 aliphatic heterocycles. The first-order valence-electron chi connectivity index (χ1n) is 6.97. The summed E-state index contributed by atoms with van der Waals surface area (Å²) < 4.78 is 2.10. The van der Waals surface area contributed by atoms with Gasteiger partial charge < -0.3 is 9.47 Å². The highest BCUT2D eigenvalue weighted by atomic mass is 35.5. The van der Waals surface area contributed by atoms with Gasteiger partial charge in [0.15, 0.2) is 0 Å². The quantitative estimate of drug-likeness (QED) is 0.555. The van der Waals surface area contributed by atoms with Crippen LogP contribution >= 0.6 is 23.2 Å². The molecule has 1 heterocycles. The molecule has 0 fully saturated rings. The second-order valence-corrected chi connectivity index (χ2v) is 5.66. The van der Waals surface area contributed by atoms with Gasteiger partial charge in [-0.2, -0.15) is 0 Å². The van der Waals surface area contributed by atoms with Gasteiger partial charge in [-0.15, -0.1) is 18.2 Å². The standard InChI is InChI=1S/C17H18Cl2N2O/c1-2-8-21(17(22)11-18)13-16-7-4-9-20(16)12-14-5-3-6-15(19)10-14/h2-7,9-10H,1,8,11-13H2. The minimum atomic E-state index is -0.0999. The number of rotatable bonds is 7. The van der Waals surface area contributed by atoms with Gasteiger partial charge in [-0.05, 0) is 29.8 Å². The number of carbonyl (C=O) groups excluding carboxylic acids is 1. The van der Waals surface area contributed by atoms with Crippen molar-refractivity contribution in [2.45, 2.75) is 13.1 Å². The van der Waals surface area contributed by atoms with Crippen molar-refractivity contribution in [2.75, 3.05) is 12.4 Å². The highest BCUT2D eigenvalue weighted by Gasteiger charge is 2.13. The SMILES string of the molecule is C=CCN(Cc1cccn1Cc1cccc(Cl)c1)C(=O)CCl. The minimum absolute atomic E-state index is 0.0250. The van der Waals surface area contributed by atoms with Crippen molar-refractivity contribution in [3.05, 3.63) is 71.5 Å². The van der Waals surface area contributed by atoms with E-state index >= 15 is 0 Å². The average molecular weight is 337 g/mol. The van der Waals surface area contributed by atoms with E-state index in [2.05, 4.69) is 11.1 Å². The van der Waals surface area contributed by atoms with E-state index in [0.29, 0.717) is 19.6 Å². The van der Waals surface area contributed by atoms with Crippen molar-refractivity contribution in [1.82, 2.24) is 9.47 Å². The van der Waals surface area contributed by atoms with Crippen LogP contribution in [0.15, 0.2) is 55.3 Å². The molecule has 0 aliphatic rings. The summed E-state index contributed by atoms with van der Waals surface area (Å²) >= 11 is 11.7. The molecule has 5 heteroatoms. The van der Waals surface area contributed by atoms with Gasteiger partial charge in [0.1, 0.15) is 5.88 Å². The maximum absolute atomic E-state index is 11.9. The van der Waals surface area contributed by atoms with E-state index in [9.17, 15) is 4.79 Å². The third-order valence-corrected chi connectivity index (χ3v) is 3.80. The van der Waals surface area contributed by atoms with E-state index in [-0.39, 0.29) is 11.8 Å². The lowest BCUT2D eigenvalue weighted by molar-refractivity contribution is -0.128. The monoisotopic (exact) mass is 336 g/mol. The van der Waals surface area contributed by atoms with Crippen molar-refractivity contribution in [1.29, 1.82) is 0 Å². The lowest BCUT2D eigenvalue weighted by atomic mass is 10.2. The summed E-state index contributed by atoms with van der Waals surface area (Å²) in [4.78, 5) is 13.5. The Labute approximate surface area is 140 Å². The highest BCUT2D eigenvalue weighted by Crippen LogP contribution is 2.14. The number of amides is 1. The molecule has 1 aromatic carbocycles. The second kappa shape index (κ2) is 8.06. The van der Waals surface area contributed by atoms with E-state index in [1.54, 1.807) is 11.0 Å². The van der Waals surface area contributed by atoms with Gasteiger partial charge >= 0.3 is 0 Å². The average Bonchev–Trinajstić information content (AvgIpc) is 2.93. The molecule has 0 N–H and O–H groups in total. The summed E-state index contributed by atoms with van der Waals surface area (Å²) in [5.74, 6) is -0.125. The fourth-order valence-corrected chi connectivity index (χ4v) is 2.65. The van der Waals surface area contributed by atoms with Crippen LogP contribution in [0.3, 0.4) is 0 Å². The second-order valence-electron chi connectivity index (χ2n) is 4.95. The molecule has 22 heavy (non-hydrogen) atoms. The molecule has 0 saturated carbocycles. The fourth-order valence-electron chi connectivity index (χ4n) is 2.27. The first-order valence-corrected chi connectivity index (χ1v) is 7.88. The van der Waals surface area contributed by atoms with Gasteiger partial charge in [0.05, 0.1) is 6.54 Å². The summed E-state index contributed by atoms with van der Waals surface area (Å²) in [7, 11) is 0. The molecule has 0 bridgehead atoms. The number of aromatic nitrogens is 1. The van der Waals surface area contributed by atoms with Gasteiger partial charge in [0, 0.05) is 30.0 Å². The van der Waals surface area contributed by atoms with Gasteiger partial charge in [0.25, 0.3) is 0 Å². The van der Waals surface area contributed by atoms with Crippen LogP contribution in [0.4, 0.5) is 0 Å². The molecule has 0 spiro atoms. The van der Waals surface area contributed by atoms with E-state index in [1.807, 2.05) is 42.6 Å². The maximum Gasteiger partial charge on any atom is 0.238 e. The predicted molar refractivity (Wildman–Crippen MR) is 91.3 cm³/mol. The number of nitrogens with zero attached hydrogens (tertiary/aromatic N) is 2. The fraction of sp³-hybridized carbons (Fsp3) is 0.235. The van der Waals surface area contributed by atoms with Crippen LogP contribution in [0.1, 0.15) is 11.3 Å². The molecule has 1 amide bonds. The molecular formula is C17H18Cl2N2O. The number of benzene rings is 1. The first-order chi connectivity index (χ1) is 10.6. The largest absolute Gasteiger partial charge is 0.345 e. The molecule has 0 atom stereocenters. The normalized spacial score (nSPS) is 10.5. The number of halogens is 2. The third kappa shape index (κ3) is 4.39. The van der Waals surface area contributed by atoms with Crippen LogP contribution in [0.2, 0.25) is 5.02 Å². The van der Waals surface area contributed by atoms with E-state index < -0.39 is 0 Å². The Morgan fingerprint density at radius 2 is 2.14 bits per heavy atom. The van der Waals surface area contributed by atoms with Crippen LogP contribution in [-0.2, 0) is 17.9 Å². The molecule has 3 nitrogen and oxygen atoms in total. The zero-order valence-electron chi connectivity index (χ0n) is 12.2. The van der Waals surface area contributed by atoms with Crippen molar-refractivity contribution in [2.24, 2.45) is 0 Å². The summed E-state index contributed by atoms with van der Waals surface area (Å²) in [5.41, 5.74) is 2.16. The number of hydrogen-bond acceptors (Lipinski definition) is 1. The van der Waals surface area contributed by atoms with Gasteiger partial charge in [0.2, 0.25) is 5.91 Å². The lowest BCUT2D eigenvalue weighted by Gasteiger charge is -2.21. The van der Waals surface area contributed by atoms with Crippen LogP contribution in [0.25, 0.3) is 0 Å². The van der Waals surface area contributed by atoms with Crippen molar-refractivity contribution < 1.29 is 4.79 Å². The molecule has 2 rings (SSSR count). The Morgan fingerprint density at radius 3 is 2.82 bits per heavy atom. The molecule has 0 unspecified atom stereocenters. The molecule has 0 aliphatic carbocycles. The number of carbonyl (C=O) groups is 1. The van der Waals surface area contributed by atoms with Crippen LogP contribution in [-0.4, -0.2) is 27.8 Å². The van der Waals surface area contributed by atoms with Crippen molar-refractivity contribution in [3.8, 4) is 0 Å². The molecule has 116 valence electrons. The van der Waals surface area contributed by atoms with Crippen LogP contribution in [0, 0.1) is 0 Å².